The zero-order valence-corrected chi connectivity index (χ0v) is 14.1. The molecule has 2 rings (SSSR count). The maximum Gasteiger partial charge on any atom is 0.416 e. The fourth-order valence-electron chi connectivity index (χ4n) is 2.52. The van der Waals surface area contributed by atoms with Crippen LogP contribution < -0.4 is 5.32 Å². The second-order valence-electron chi connectivity index (χ2n) is 6.07. The molecule has 0 bridgehead atoms. The van der Waals surface area contributed by atoms with Gasteiger partial charge >= 0.3 is 6.18 Å². The van der Waals surface area contributed by atoms with Gasteiger partial charge in [0.05, 0.1) is 22.9 Å². The van der Waals surface area contributed by atoms with E-state index in [0.717, 1.165) is 24.2 Å². The maximum absolute atomic E-state index is 13.0. The third-order valence-electron chi connectivity index (χ3n) is 3.86. The van der Waals surface area contributed by atoms with Crippen LogP contribution in [-0.4, -0.2) is 25.5 Å². The molecular formula is C19H20F3N3. The molecule has 2 aromatic carbocycles. The summed E-state index contributed by atoms with van der Waals surface area (Å²) in [6, 6.07) is 14.4. The Labute approximate surface area is 145 Å². The summed E-state index contributed by atoms with van der Waals surface area (Å²) in [4.78, 5) is 2.01. The number of hydrogen-bond donors (Lipinski definition) is 1. The molecule has 0 spiro atoms. The Kier molecular flexibility index (Phi) is 6.05. The van der Waals surface area contributed by atoms with E-state index in [0.29, 0.717) is 6.42 Å². The first-order valence-electron chi connectivity index (χ1n) is 7.89. The molecule has 3 nitrogen and oxygen atoms in total. The Morgan fingerprint density at radius 3 is 2.36 bits per heavy atom. The lowest BCUT2D eigenvalue weighted by Gasteiger charge is -2.23. The fourth-order valence-corrected chi connectivity index (χ4v) is 2.52. The monoisotopic (exact) mass is 347 g/mol. The van der Waals surface area contributed by atoms with Gasteiger partial charge in [0.25, 0.3) is 0 Å². The van der Waals surface area contributed by atoms with E-state index in [4.69, 9.17) is 0 Å². The molecule has 0 saturated carbocycles. The number of nitrogens with one attached hydrogen (secondary N) is 1. The van der Waals surface area contributed by atoms with Crippen molar-refractivity contribution in [1.82, 2.24) is 4.90 Å². The Morgan fingerprint density at radius 1 is 1.12 bits per heavy atom. The van der Waals surface area contributed by atoms with Crippen molar-refractivity contribution in [3.05, 3.63) is 65.2 Å². The van der Waals surface area contributed by atoms with Crippen molar-refractivity contribution in [1.29, 1.82) is 5.26 Å². The van der Waals surface area contributed by atoms with E-state index in [9.17, 15) is 18.4 Å². The molecule has 132 valence electrons. The highest BCUT2D eigenvalue weighted by atomic mass is 19.4. The van der Waals surface area contributed by atoms with Crippen LogP contribution in [0.2, 0.25) is 0 Å². The van der Waals surface area contributed by atoms with Crippen molar-refractivity contribution in [2.75, 3.05) is 26.0 Å². The van der Waals surface area contributed by atoms with Crippen molar-refractivity contribution in [2.24, 2.45) is 0 Å². The van der Waals surface area contributed by atoms with Crippen molar-refractivity contribution in [3.8, 4) is 6.07 Å². The molecule has 0 amide bonds. The van der Waals surface area contributed by atoms with Crippen LogP contribution in [-0.2, 0) is 6.18 Å². The number of hydrogen-bond acceptors (Lipinski definition) is 3. The average Bonchev–Trinajstić information content (AvgIpc) is 2.58. The summed E-state index contributed by atoms with van der Waals surface area (Å²) in [6.45, 7) is 0.757. The van der Waals surface area contributed by atoms with Gasteiger partial charge in [0.1, 0.15) is 6.07 Å². The third-order valence-corrected chi connectivity index (χ3v) is 3.86. The summed E-state index contributed by atoms with van der Waals surface area (Å²) in [5.41, 5.74) is 0.586. The van der Waals surface area contributed by atoms with Gasteiger partial charge in [-0.15, -0.1) is 0 Å². The minimum absolute atomic E-state index is 0.193. The summed E-state index contributed by atoms with van der Waals surface area (Å²) in [6.07, 6.45) is -3.76. The molecule has 0 aliphatic heterocycles. The van der Waals surface area contributed by atoms with Crippen LogP contribution in [0, 0.1) is 11.3 Å². The van der Waals surface area contributed by atoms with Crippen LogP contribution in [0.25, 0.3) is 0 Å². The molecule has 1 N–H and O–H groups in total. The normalized spacial score (nSPS) is 12.7. The van der Waals surface area contributed by atoms with Gasteiger partial charge in [0, 0.05) is 0 Å². The van der Waals surface area contributed by atoms with E-state index in [2.05, 4.69) is 5.32 Å². The number of benzene rings is 2. The molecule has 0 aliphatic rings. The second-order valence-corrected chi connectivity index (χ2v) is 6.07. The predicted molar refractivity (Wildman–Crippen MR) is 92.1 cm³/mol. The molecule has 0 radical (unpaired) electrons. The number of rotatable bonds is 6. The van der Waals surface area contributed by atoms with Crippen molar-refractivity contribution < 1.29 is 13.2 Å². The lowest BCUT2D eigenvalue weighted by molar-refractivity contribution is -0.137. The Balaban J connectivity index is 2.36. The molecule has 6 heteroatoms. The van der Waals surface area contributed by atoms with Gasteiger partial charge in [-0.05, 0) is 50.8 Å². The first kappa shape index (κ1) is 18.8. The summed E-state index contributed by atoms with van der Waals surface area (Å²) < 4.78 is 39.0. The van der Waals surface area contributed by atoms with Crippen LogP contribution >= 0.6 is 0 Å². The lowest BCUT2D eigenvalue weighted by Crippen LogP contribution is -2.20. The Hall–Kier alpha value is -2.52. The lowest BCUT2D eigenvalue weighted by atomic mass is 10.0. The average molecular weight is 347 g/mol. The highest BCUT2D eigenvalue weighted by Gasteiger charge is 2.31. The molecule has 1 unspecified atom stereocenters. The van der Waals surface area contributed by atoms with Crippen LogP contribution in [0.1, 0.15) is 29.2 Å². The SMILES string of the molecule is CN(C)CCC(Nc1cc(C(F)(F)F)ccc1C#N)c1ccccc1. The predicted octanol–water partition coefficient (Wildman–Crippen LogP) is 4.68. The summed E-state index contributed by atoms with van der Waals surface area (Å²) >= 11 is 0. The molecular weight excluding hydrogens is 327 g/mol. The smallest absolute Gasteiger partial charge is 0.377 e. The number of alkyl halides is 3. The molecule has 0 saturated heterocycles. The molecule has 25 heavy (non-hydrogen) atoms. The molecule has 1 atom stereocenters. The van der Waals surface area contributed by atoms with E-state index < -0.39 is 11.7 Å². The van der Waals surface area contributed by atoms with Crippen molar-refractivity contribution >= 4 is 5.69 Å². The third kappa shape index (κ3) is 5.23. The minimum atomic E-state index is -4.45. The first-order chi connectivity index (χ1) is 11.8. The van der Waals surface area contributed by atoms with E-state index in [-0.39, 0.29) is 17.3 Å². The second kappa shape index (κ2) is 8.04. The summed E-state index contributed by atoms with van der Waals surface area (Å²) in [5.74, 6) is 0. The number of nitriles is 1. The Bertz CT molecular complexity index is 734. The number of nitrogens with zero attached hydrogens (tertiary/aromatic N) is 2. The van der Waals surface area contributed by atoms with E-state index >= 15 is 0 Å². The molecule has 0 fully saturated rings. The van der Waals surface area contributed by atoms with Crippen molar-refractivity contribution in [2.45, 2.75) is 18.6 Å². The van der Waals surface area contributed by atoms with Crippen molar-refractivity contribution in [3.63, 3.8) is 0 Å². The van der Waals surface area contributed by atoms with Crippen LogP contribution in [0.3, 0.4) is 0 Å². The minimum Gasteiger partial charge on any atom is -0.377 e. The Morgan fingerprint density at radius 2 is 1.80 bits per heavy atom. The first-order valence-corrected chi connectivity index (χ1v) is 7.89. The molecule has 0 heterocycles. The van der Waals surface area contributed by atoms with Gasteiger partial charge in [0.15, 0.2) is 0 Å². The van der Waals surface area contributed by atoms with Gasteiger partial charge < -0.3 is 10.2 Å². The van der Waals surface area contributed by atoms with Gasteiger partial charge in [-0.2, -0.15) is 18.4 Å². The maximum atomic E-state index is 13.0. The quantitative estimate of drug-likeness (QED) is 0.824. The van der Waals surface area contributed by atoms with Crippen LogP contribution in [0.5, 0.6) is 0 Å². The molecule has 0 aromatic heterocycles. The van der Waals surface area contributed by atoms with Gasteiger partial charge in [-0.1, -0.05) is 30.3 Å². The van der Waals surface area contributed by atoms with E-state index in [1.165, 1.54) is 6.07 Å². The fraction of sp³-hybridized carbons (Fsp3) is 0.316. The van der Waals surface area contributed by atoms with Crippen LogP contribution in [0.15, 0.2) is 48.5 Å². The zero-order chi connectivity index (χ0) is 18.4. The standard InChI is InChI=1S/C19H20F3N3/c1-25(2)11-10-17(14-6-4-3-5-7-14)24-18-12-16(19(20,21)22)9-8-15(18)13-23/h3-9,12,17,24H,10-11H2,1-2H3. The highest BCUT2D eigenvalue weighted by Crippen LogP contribution is 2.33. The number of anilines is 1. The zero-order valence-electron chi connectivity index (χ0n) is 14.1. The van der Waals surface area contributed by atoms with Gasteiger partial charge in [0.2, 0.25) is 0 Å². The topological polar surface area (TPSA) is 39.1 Å². The highest BCUT2D eigenvalue weighted by molar-refractivity contribution is 5.60. The van der Waals surface area contributed by atoms with Gasteiger partial charge in [-0.25, -0.2) is 0 Å². The summed E-state index contributed by atoms with van der Waals surface area (Å²) in [5, 5.41) is 12.4. The molecule has 0 aliphatic carbocycles. The largest absolute Gasteiger partial charge is 0.416 e. The number of halogens is 3. The summed E-state index contributed by atoms with van der Waals surface area (Å²) in [7, 11) is 3.88. The van der Waals surface area contributed by atoms with E-state index in [1.807, 2.05) is 55.4 Å². The van der Waals surface area contributed by atoms with Crippen LogP contribution in [0.4, 0.5) is 18.9 Å². The van der Waals surface area contributed by atoms with E-state index in [1.54, 1.807) is 0 Å². The molecule has 2 aromatic rings. The van der Waals surface area contributed by atoms with Gasteiger partial charge in [-0.3, -0.25) is 0 Å².